The highest BCUT2D eigenvalue weighted by atomic mass is 15.2. The molecule has 2 atom stereocenters. The molecule has 2 aliphatic rings. The molecule has 1 saturated heterocycles. The molecule has 2 bridgehead atoms. The van der Waals surface area contributed by atoms with Crippen LogP contribution in [-0.2, 0) is 6.54 Å². The van der Waals surface area contributed by atoms with Gasteiger partial charge in [0.05, 0.1) is 22.9 Å². The molecular formula is C22H21N3. The maximum atomic E-state index is 4.86. The first-order valence-corrected chi connectivity index (χ1v) is 9.09. The fraction of sp³-hybridized carbons (Fsp3) is 0.273. The van der Waals surface area contributed by atoms with Crippen LogP contribution in [0.15, 0.2) is 66.9 Å². The summed E-state index contributed by atoms with van der Waals surface area (Å²) in [5.41, 5.74) is 5.78. The number of rotatable bonds is 3. The van der Waals surface area contributed by atoms with Gasteiger partial charge in [0.25, 0.3) is 0 Å². The van der Waals surface area contributed by atoms with E-state index in [1.165, 1.54) is 24.0 Å². The highest BCUT2D eigenvalue weighted by Crippen LogP contribution is 2.39. The van der Waals surface area contributed by atoms with E-state index in [1.807, 2.05) is 30.5 Å². The van der Waals surface area contributed by atoms with Crippen molar-refractivity contribution in [2.75, 3.05) is 0 Å². The first-order valence-electron chi connectivity index (χ1n) is 9.09. The molecule has 0 amide bonds. The van der Waals surface area contributed by atoms with Gasteiger partial charge < -0.3 is 0 Å². The van der Waals surface area contributed by atoms with E-state index < -0.39 is 0 Å². The zero-order valence-electron chi connectivity index (χ0n) is 14.2. The Balaban J connectivity index is 1.43. The Morgan fingerprint density at radius 3 is 2.56 bits per heavy atom. The summed E-state index contributed by atoms with van der Waals surface area (Å²) < 4.78 is 0. The van der Waals surface area contributed by atoms with E-state index in [0.717, 1.165) is 29.7 Å². The Hall–Kier alpha value is -2.52. The van der Waals surface area contributed by atoms with E-state index in [2.05, 4.69) is 46.3 Å². The van der Waals surface area contributed by atoms with Gasteiger partial charge >= 0.3 is 0 Å². The van der Waals surface area contributed by atoms with Gasteiger partial charge in [-0.3, -0.25) is 9.88 Å². The number of benzene rings is 2. The molecule has 1 fully saturated rings. The van der Waals surface area contributed by atoms with Gasteiger partial charge in [-0.1, -0.05) is 48.5 Å². The van der Waals surface area contributed by atoms with Crippen molar-refractivity contribution in [3.05, 3.63) is 78.1 Å². The van der Waals surface area contributed by atoms with Crippen LogP contribution in [-0.4, -0.2) is 27.0 Å². The average Bonchev–Trinajstić information content (AvgIpc) is 2.90. The van der Waals surface area contributed by atoms with Crippen LogP contribution < -0.4 is 0 Å². The highest BCUT2D eigenvalue weighted by molar-refractivity contribution is 5.77. The number of aromatic nitrogens is 2. The second-order valence-electron chi connectivity index (χ2n) is 7.10. The summed E-state index contributed by atoms with van der Waals surface area (Å²) in [4.78, 5) is 12.1. The van der Waals surface area contributed by atoms with Gasteiger partial charge in [0.2, 0.25) is 0 Å². The minimum atomic E-state index is 0.530. The van der Waals surface area contributed by atoms with Crippen LogP contribution in [0.3, 0.4) is 0 Å². The summed E-state index contributed by atoms with van der Waals surface area (Å²) >= 11 is 0. The molecule has 3 heteroatoms. The lowest BCUT2D eigenvalue weighted by Gasteiger charge is -2.33. The van der Waals surface area contributed by atoms with Crippen molar-refractivity contribution in [2.45, 2.75) is 37.9 Å². The molecule has 0 N–H and O–H groups in total. The Morgan fingerprint density at radius 2 is 1.72 bits per heavy atom. The standard InChI is InChI=1S/C22H21N3/c1-2-6-16(7-3-1)15-25-18-10-11-19(25)13-17(12-18)22-14-23-20-8-4-5-9-21(20)24-22/h1-9,12,14,18-19H,10-11,13,15H2. The predicted molar refractivity (Wildman–Crippen MR) is 101 cm³/mol. The Morgan fingerprint density at radius 1 is 0.920 bits per heavy atom. The van der Waals surface area contributed by atoms with Gasteiger partial charge in [-0.2, -0.15) is 0 Å². The molecule has 3 nitrogen and oxygen atoms in total. The Kier molecular flexibility index (Phi) is 3.60. The predicted octanol–water partition coefficient (Wildman–Crippen LogP) is 4.45. The average molecular weight is 327 g/mol. The lowest BCUT2D eigenvalue weighted by molar-refractivity contribution is 0.203. The molecule has 0 aliphatic carbocycles. The molecule has 2 aromatic carbocycles. The number of fused-ring (bicyclic) bond motifs is 3. The van der Waals surface area contributed by atoms with Crippen LogP contribution >= 0.6 is 0 Å². The van der Waals surface area contributed by atoms with Crippen LogP contribution in [0.5, 0.6) is 0 Å². The monoisotopic (exact) mass is 327 g/mol. The van der Waals surface area contributed by atoms with Crippen LogP contribution in [0, 0.1) is 0 Å². The third kappa shape index (κ3) is 2.75. The van der Waals surface area contributed by atoms with Gasteiger partial charge in [0.1, 0.15) is 0 Å². The van der Waals surface area contributed by atoms with Crippen molar-refractivity contribution in [2.24, 2.45) is 0 Å². The zero-order chi connectivity index (χ0) is 16.6. The minimum Gasteiger partial charge on any atom is -0.289 e. The summed E-state index contributed by atoms with van der Waals surface area (Å²) in [6.45, 7) is 1.04. The normalized spacial score (nSPS) is 23.0. The molecule has 124 valence electrons. The molecule has 2 unspecified atom stereocenters. The van der Waals surface area contributed by atoms with Crippen LogP contribution in [0.2, 0.25) is 0 Å². The summed E-state index contributed by atoms with van der Waals surface area (Å²) in [5.74, 6) is 0. The van der Waals surface area contributed by atoms with Gasteiger partial charge in [-0.25, -0.2) is 4.98 Å². The lowest BCUT2D eigenvalue weighted by Crippen LogP contribution is -2.37. The number of hydrogen-bond acceptors (Lipinski definition) is 3. The van der Waals surface area contributed by atoms with Gasteiger partial charge in [0, 0.05) is 18.6 Å². The summed E-state index contributed by atoms with van der Waals surface area (Å²) in [6.07, 6.45) is 7.99. The van der Waals surface area contributed by atoms with Crippen molar-refractivity contribution in [1.29, 1.82) is 0 Å². The quantitative estimate of drug-likeness (QED) is 0.711. The summed E-state index contributed by atoms with van der Waals surface area (Å²) in [5, 5.41) is 0. The first-order chi connectivity index (χ1) is 12.4. The summed E-state index contributed by atoms with van der Waals surface area (Å²) in [6, 6.07) is 20.1. The van der Waals surface area contributed by atoms with E-state index in [4.69, 9.17) is 4.98 Å². The second kappa shape index (κ2) is 6.08. The smallest absolute Gasteiger partial charge is 0.0894 e. The first kappa shape index (κ1) is 14.8. The van der Waals surface area contributed by atoms with E-state index in [9.17, 15) is 0 Å². The topological polar surface area (TPSA) is 29.0 Å². The fourth-order valence-electron chi connectivity index (χ4n) is 4.26. The van der Waals surface area contributed by atoms with Crippen LogP contribution in [0.4, 0.5) is 0 Å². The van der Waals surface area contributed by atoms with E-state index in [-0.39, 0.29) is 0 Å². The molecule has 0 radical (unpaired) electrons. The number of nitrogens with zero attached hydrogens (tertiary/aromatic N) is 3. The molecule has 3 heterocycles. The third-order valence-corrected chi connectivity index (χ3v) is 5.53. The minimum absolute atomic E-state index is 0.530. The fourth-order valence-corrected chi connectivity index (χ4v) is 4.26. The molecule has 2 aliphatic heterocycles. The van der Waals surface area contributed by atoms with Crippen molar-refractivity contribution in [1.82, 2.24) is 14.9 Å². The van der Waals surface area contributed by atoms with E-state index in [1.54, 1.807) is 0 Å². The zero-order valence-corrected chi connectivity index (χ0v) is 14.2. The van der Waals surface area contributed by atoms with Crippen molar-refractivity contribution in [3.8, 4) is 0 Å². The molecule has 5 rings (SSSR count). The van der Waals surface area contributed by atoms with E-state index >= 15 is 0 Å². The van der Waals surface area contributed by atoms with Crippen molar-refractivity contribution >= 4 is 16.6 Å². The lowest BCUT2D eigenvalue weighted by atomic mass is 9.98. The number of hydrogen-bond donors (Lipinski definition) is 0. The molecule has 3 aromatic rings. The van der Waals surface area contributed by atoms with Gasteiger partial charge in [-0.05, 0) is 42.5 Å². The second-order valence-corrected chi connectivity index (χ2v) is 7.10. The van der Waals surface area contributed by atoms with Crippen LogP contribution in [0.25, 0.3) is 16.6 Å². The maximum absolute atomic E-state index is 4.86. The molecule has 25 heavy (non-hydrogen) atoms. The third-order valence-electron chi connectivity index (χ3n) is 5.53. The molecular weight excluding hydrogens is 306 g/mol. The van der Waals surface area contributed by atoms with Crippen molar-refractivity contribution in [3.63, 3.8) is 0 Å². The molecule has 1 aromatic heterocycles. The SMILES string of the molecule is C1=C(c2cnc3ccccc3n2)CC2CCC1N2Cc1ccccc1. The Bertz CT molecular complexity index is 932. The largest absolute Gasteiger partial charge is 0.289 e. The van der Waals surface area contributed by atoms with Crippen LogP contribution in [0.1, 0.15) is 30.5 Å². The summed E-state index contributed by atoms with van der Waals surface area (Å²) in [7, 11) is 0. The Labute approximate surface area is 148 Å². The van der Waals surface area contributed by atoms with Gasteiger partial charge in [-0.15, -0.1) is 0 Å². The highest BCUT2D eigenvalue weighted by Gasteiger charge is 2.36. The molecule has 0 saturated carbocycles. The molecule has 0 spiro atoms. The maximum Gasteiger partial charge on any atom is 0.0894 e. The van der Waals surface area contributed by atoms with Crippen molar-refractivity contribution < 1.29 is 0 Å². The van der Waals surface area contributed by atoms with Gasteiger partial charge in [0.15, 0.2) is 0 Å². The number of para-hydroxylation sites is 2. The van der Waals surface area contributed by atoms with E-state index in [0.29, 0.717) is 12.1 Å².